The molecule has 0 unspecified atom stereocenters. The quantitative estimate of drug-likeness (QED) is 0.182. The normalized spacial score (nSPS) is 14.6. The van der Waals surface area contributed by atoms with Gasteiger partial charge < -0.3 is 9.47 Å². The summed E-state index contributed by atoms with van der Waals surface area (Å²) in [5.74, 6) is 0.340. The highest BCUT2D eigenvalue weighted by molar-refractivity contribution is 14.1. The number of hydrogen-bond acceptors (Lipinski definition) is 4. The van der Waals surface area contributed by atoms with Gasteiger partial charge in [0, 0.05) is 12.7 Å². The second kappa shape index (κ2) is 9.49. The van der Waals surface area contributed by atoms with Crippen LogP contribution in [0.15, 0.2) is 77.4 Å². The molecule has 0 radical (unpaired) electrons. The average Bonchev–Trinajstić information content (AvgIpc) is 3.09. The molecule has 7 heteroatoms. The Morgan fingerprint density at radius 3 is 2.63 bits per heavy atom. The maximum Gasteiger partial charge on any atom is 0.363 e. The van der Waals surface area contributed by atoms with Crippen LogP contribution in [0.5, 0.6) is 5.75 Å². The Hall–Kier alpha value is -1.91. The number of nitrogens with zero attached hydrogens (tertiary/aromatic N) is 1. The van der Waals surface area contributed by atoms with Crippen molar-refractivity contribution in [2.24, 2.45) is 4.99 Å². The van der Waals surface area contributed by atoms with E-state index >= 15 is 0 Å². The molecule has 0 spiro atoms. The number of rotatable bonds is 5. The molecule has 4 rings (SSSR count). The number of carbonyl (C=O) groups excluding carboxylic acids is 1. The van der Waals surface area contributed by atoms with E-state index in [4.69, 9.17) is 21.1 Å². The van der Waals surface area contributed by atoms with Crippen molar-refractivity contribution in [2.75, 3.05) is 0 Å². The van der Waals surface area contributed by atoms with E-state index in [0.29, 0.717) is 22.9 Å². The fourth-order valence-electron chi connectivity index (χ4n) is 2.85. The molecular weight excluding hydrogens is 628 g/mol. The number of halogens is 3. The van der Waals surface area contributed by atoms with Gasteiger partial charge in [-0.2, -0.15) is 0 Å². The van der Waals surface area contributed by atoms with Crippen LogP contribution in [-0.2, 0) is 16.1 Å². The van der Waals surface area contributed by atoms with E-state index < -0.39 is 5.97 Å². The van der Waals surface area contributed by atoms with Gasteiger partial charge in [-0.05, 0) is 93.2 Å². The summed E-state index contributed by atoms with van der Waals surface area (Å²) < 4.78 is 13.5. The van der Waals surface area contributed by atoms with Gasteiger partial charge in [-0.1, -0.05) is 41.9 Å². The van der Waals surface area contributed by atoms with Crippen molar-refractivity contribution in [3.63, 3.8) is 0 Å². The molecule has 3 aromatic rings. The Labute approximate surface area is 206 Å². The molecule has 0 bridgehead atoms. The monoisotopic (exact) mass is 641 g/mol. The fraction of sp³-hybridized carbons (Fsp3) is 0.0435. The summed E-state index contributed by atoms with van der Waals surface area (Å²) in [5, 5.41) is 0.476. The lowest BCUT2D eigenvalue weighted by molar-refractivity contribution is -0.129. The first kappa shape index (κ1) is 21.3. The van der Waals surface area contributed by atoms with E-state index in [0.717, 1.165) is 18.3 Å². The first-order valence-electron chi connectivity index (χ1n) is 8.94. The number of benzene rings is 3. The van der Waals surface area contributed by atoms with Gasteiger partial charge in [0.1, 0.15) is 12.4 Å². The van der Waals surface area contributed by atoms with Crippen molar-refractivity contribution >= 4 is 74.7 Å². The molecule has 0 aliphatic carbocycles. The Bertz CT molecular complexity index is 1190. The third-order valence-corrected chi connectivity index (χ3v) is 5.95. The highest BCUT2D eigenvalue weighted by atomic mass is 127. The SMILES string of the molecule is O=C1OC(c2cc(I)ccc2Cl)=N/C1=C\c1ccccc1OCc1cccc(I)c1. The minimum atomic E-state index is -0.521. The zero-order chi connectivity index (χ0) is 21.1. The third-order valence-electron chi connectivity index (χ3n) is 4.27. The van der Waals surface area contributed by atoms with E-state index in [-0.39, 0.29) is 11.6 Å². The van der Waals surface area contributed by atoms with Crippen molar-refractivity contribution in [2.45, 2.75) is 6.61 Å². The summed E-state index contributed by atoms with van der Waals surface area (Å²) in [4.78, 5) is 16.8. The van der Waals surface area contributed by atoms with Crippen molar-refractivity contribution in [1.82, 2.24) is 0 Å². The van der Waals surface area contributed by atoms with Crippen LogP contribution in [0.3, 0.4) is 0 Å². The van der Waals surface area contributed by atoms with Gasteiger partial charge in [-0.3, -0.25) is 0 Å². The number of carbonyl (C=O) groups is 1. The third kappa shape index (κ3) is 5.04. The van der Waals surface area contributed by atoms with Gasteiger partial charge in [0.2, 0.25) is 5.90 Å². The summed E-state index contributed by atoms with van der Waals surface area (Å²) in [6.45, 7) is 0.425. The van der Waals surface area contributed by atoms with Gasteiger partial charge in [0.25, 0.3) is 0 Å². The van der Waals surface area contributed by atoms with Gasteiger partial charge in [0.15, 0.2) is 5.70 Å². The molecule has 150 valence electrons. The zero-order valence-corrected chi connectivity index (χ0v) is 20.5. The molecule has 3 aromatic carbocycles. The predicted molar refractivity (Wildman–Crippen MR) is 135 cm³/mol. The number of ether oxygens (including phenoxy) is 2. The van der Waals surface area contributed by atoms with Gasteiger partial charge in [-0.15, -0.1) is 0 Å². The van der Waals surface area contributed by atoms with Gasteiger partial charge in [-0.25, -0.2) is 9.79 Å². The first-order valence-corrected chi connectivity index (χ1v) is 11.5. The fourth-order valence-corrected chi connectivity index (χ4v) is 4.15. The van der Waals surface area contributed by atoms with Crippen molar-refractivity contribution < 1.29 is 14.3 Å². The molecule has 0 saturated heterocycles. The van der Waals surface area contributed by atoms with Crippen LogP contribution in [0, 0.1) is 7.14 Å². The highest BCUT2D eigenvalue weighted by Gasteiger charge is 2.26. The second-order valence-corrected chi connectivity index (χ2v) is 9.32. The lowest BCUT2D eigenvalue weighted by Gasteiger charge is -2.09. The lowest BCUT2D eigenvalue weighted by atomic mass is 10.1. The van der Waals surface area contributed by atoms with Gasteiger partial charge in [0.05, 0.1) is 10.6 Å². The largest absolute Gasteiger partial charge is 0.488 e. The molecule has 0 amide bonds. The first-order chi connectivity index (χ1) is 14.5. The Morgan fingerprint density at radius 1 is 1.00 bits per heavy atom. The summed E-state index contributed by atoms with van der Waals surface area (Å²) in [6, 6.07) is 21.1. The molecule has 0 N–H and O–H groups in total. The number of hydrogen-bond donors (Lipinski definition) is 0. The summed E-state index contributed by atoms with van der Waals surface area (Å²) in [7, 11) is 0. The van der Waals surface area contributed by atoms with E-state index in [1.807, 2.05) is 54.6 Å². The van der Waals surface area contributed by atoms with Crippen LogP contribution in [0.4, 0.5) is 0 Å². The molecule has 1 heterocycles. The summed E-state index contributed by atoms with van der Waals surface area (Å²) in [6.07, 6.45) is 1.67. The van der Waals surface area contributed by atoms with Crippen molar-refractivity contribution in [3.05, 3.63) is 101 Å². The molecule has 1 aliphatic heterocycles. The molecule has 4 nitrogen and oxygen atoms in total. The maximum absolute atomic E-state index is 12.4. The molecule has 0 saturated carbocycles. The highest BCUT2D eigenvalue weighted by Crippen LogP contribution is 2.28. The maximum atomic E-state index is 12.4. The van der Waals surface area contributed by atoms with Crippen LogP contribution in [0.1, 0.15) is 16.7 Å². The van der Waals surface area contributed by atoms with Gasteiger partial charge >= 0.3 is 5.97 Å². The minimum Gasteiger partial charge on any atom is -0.488 e. The van der Waals surface area contributed by atoms with E-state index in [1.54, 1.807) is 12.1 Å². The average molecular weight is 642 g/mol. The molecular formula is C23H14ClI2NO3. The van der Waals surface area contributed by atoms with E-state index in [2.05, 4.69) is 56.2 Å². The number of aliphatic imine (C=N–C) groups is 1. The Balaban J connectivity index is 1.61. The van der Waals surface area contributed by atoms with E-state index in [9.17, 15) is 4.79 Å². The van der Waals surface area contributed by atoms with Crippen LogP contribution in [0.25, 0.3) is 6.08 Å². The van der Waals surface area contributed by atoms with Crippen LogP contribution in [0.2, 0.25) is 5.02 Å². The second-order valence-electron chi connectivity index (χ2n) is 6.42. The molecule has 0 atom stereocenters. The van der Waals surface area contributed by atoms with Crippen LogP contribution in [-0.4, -0.2) is 11.9 Å². The molecule has 1 aliphatic rings. The molecule has 0 fully saturated rings. The lowest BCUT2D eigenvalue weighted by Crippen LogP contribution is -2.06. The van der Waals surface area contributed by atoms with E-state index in [1.165, 1.54) is 0 Å². The number of para-hydroxylation sites is 1. The predicted octanol–water partition coefficient (Wildman–Crippen LogP) is 6.47. The standard InChI is InChI=1S/C23H14ClI2NO3/c24-19-9-8-17(26)12-18(19)22-27-20(23(28)30-22)11-15-5-1-2-7-21(15)29-13-14-4-3-6-16(25)10-14/h1-12H,13H2/b20-11-. The molecule has 30 heavy (non-hydrogen) atoms. The van der Waals surface area contributed by atoms with Crippen LogP contribution >= 0.6 is 56.8 Å². The Morgan fingerprint density at radius 2 is 1.80 bits per heavy atom. The number of cyclic esters (lactones) is 1. The van der Waals surface area contributed by atoms with Crippen molar-refractivity contribution in [1.29, 1.82) is 0 Å². The Kier molecular flexibility index (Phi) is 6.74. The number of esters is 1. The summed E-state index contributed by atoms with van der Waals surface area (Å²) >= 11 is 10.7. The topological polar surface area (TPSA) is 47.9 Å². The van der Waals surface area contributed by atoms with Crippen LogP contribution < -0.4 is 4.74 Å². The molecule has 0 aromatic heterocycles. The van der Waals surface area contributed by atoms with Crippen molar-refractivity contribution in [3.8, 4) is 5.75 Å². The minimum absolute atomic E-state index is 0.199. The zero-order valence-electron chi connectivity index (χ0n) is 15.4. The smallest absolute Gasteiger partial charge is 0.363 e. The summed E-state index contributed by atoms with van der Waals surface area (Å²) in [5.41, 5.74) is 2.60.